The number of hydrogen-bond acceptors (Lipinski definition) is 11. The van der Waals surface area contributed by atoms with E-state index in [1.807, 2.05) is 32.6 Å². The Labute approximate surface area is 283 Å². The summed E-state index contributed by atoms with van der Waals surface area (Å²) in [4.78, 5) is 60.3. The van der Waals surface area contributed by atoms with Crippen LogP contribution in [0.1, 0.15) is 70.8 Å². The number of aliphatic hydroxyl groups is 1. The van der Waals surface area contributed by atoms with Crippen LogP contribution in [-0.2, 0) is 35.4 Å². The molecule has 14 heteroatoms. The largest absolute Gasteiger partial charge is 0.460 e. The molecule has 1 aromatic rings. The van der Waals surface area contributed by atoms with Crippen LogP contribution in [0.5, 0.6) is 0 Å². The van der Waals surface area contributed by atoms with E-state index in [1.54, 1.807) is 32.1 Å². The van der Waals surface area contributed by atoms with Gasteiger partial charge in [-0.3, -0.25) is 14.4 Å². The van der Waals surface area contributed by atoms with Crippen molar-refractivity contribution in [3.05, 3.63) is 53.8 Å². The Bertz CT molecular complexity index is 1490. The third-order valence-electron chi connectivity index (χ3n) is 8.66. The van der Waals surface area contributed by atoms with E-state index in [9.17, 15) is 32.7 Å². The van der Waals surface area contributed by atoms with Crippen LogP contribution in [0.4, 0.5) is 0 Å². The lowest BCUT2D eigenvalue weighted by Gasteiger charge is -2.31. The molecular formula is C34H50N4O9S. The summed E-state index contributed by atoms with van der Waals surface area (Å²) in [7, 11) is -3.87. The average Bonchev–Trinajstić information content (AvgIpc) is 3.68. The number of nitrogens with one attached hydrogen (secondary N) is 1. The maximum atomic E-state index is 14.0. The van der Waals surface area contributed by atoms with Crippen molar-refractivity contribution in [1.29, 1.82) is 0 Å². The van der Waals surface area contributed by atoms with Crippen LogP contribution in [-0.4, -0.2) is 114 Å². The van der Waals surface area contributed by atoms with Gasteiger partial charge in [0.25, 0.3) is 5.91 Å². The van der Waals surface area contributed by atoms with Crippen LogP contribution in [0, 0.1) is 11.8 Å². The number of allylic oxidation sites excluding steroid dienone is 2. The zero-order valence-corrected chi connectivity index (χ0v) is 29.6. The van der Waals surface area contributed by atoms with Gasteiger partial charge in [-0.2, -0.15) is 0 Å². The maximum Gasteiger partial charge on any atom is 0.330 e. The predicted molar refractivity (Wildman–Crippen MR) is 180 cm³/mol. The highest BCUT2D eigenvalue weighted by Crippen LogP contribution is 2.30. The van der Waals surface area contributed by atoms with Gasteiger partial charge in [-0.25, -0.2) is 18.2 Å². The Morgan fingerprint density at radius 1 is 1.15 bits per heavy atom. The second kappa shape index (κ2) is 17.7. The SMILES string of the molecule is CCN(CC)CCS(=O)(=O)[C@@H]1CCN2C(=O)c3coc(n3)CC(=O)C[C@H](O)/C=C(C)\C=C/CNC(=O)/C=C\[C@H](C)[C@H](C(C)C)OC(=O)C12. The first-order valence-electron chi connectivity index (χ1n) is 16.6. The van der Waals surface area contributed by atoms with Crippen molar-refractivity contribution >= 4 is 33.4 Å². The smallest absolute Gasteiger partial charge is 0.330 e. The average molecular weight is 691 g/mol. The molecule has 0 aliphatic carbocycles. The van der Waals surface area contributed by atoms with Crippen molar-refractivity contribution in [2.24, 2.45) is 11.8 Å². The van der Waals surface area contributed by atoms with Crippen LogP contribution in [0.3, 0.4) is 0 Å². The van der Waals surface area contributed by atoms with Crippen LogP contribution in [0.15, 0.2) is 46.6 Å². The number of ketones is 1. The summed E-state index contributed by atoms with van der Waals surface area (Å²) < 4.78 is 38.9. The van der Waals surface area contributed by atoms with Crippen molar-refractivity contribution in [1.82, 2.24) is 20.1 Å². The monoisotopic (exact) mass is 690 g/mol. The highest BCUT2D eigenvalue weighted by molar-refractivity contribution is 7.92. The summed E-state index contributed by atoms with van der Waals surface area (Å²) in [6.07, 6.45) is 6.68. The normalized spacial score (nSPS) is 28.1. The molecule has 2 bridgehead atoms. The first kappa shape index (κ1) is 38.8. The second-order valence-corrected chi connectivity index (χ2v) is 15.0. The van der Waals surface area contributed by atoms with Crippen molar-refractivity contribution in [3.63, 3.8) is 0 Å². The minimum absolute atomic E-state index is 0.0243. The zero-order valence-electron chi connectivity index (χ0n) is 28.8. The lowest BCUT2D eigenvalue weighted by Crippen LogP contribution is -2.50. The molecule has 2 amide bonds. The van der Waals surface area contributed by atoms with E-state index in [-0.39, 0.29) is 73.8 Å². The van der Waals surface area contributed by atoms with E-state index in [0.29, 0.717) is 18.7 Å². The molecule has 2 N–H and O–H groups in total. The van der Waals surface area contributed by atoms with E-state index >= 15 is 0 Å². The van der Waals surface area contributed by atoms with Gasteiger partial charge < -0.3 is 29.4 Å². The number of hydrogen-bond donors (Lipinski definition) is 2. The first-order valence-corrected chi connectivity index (χ1v) is 18.3. The third kappa shape index (κ3) is 10.7. The summed E-state index contributed by atoms with van der Waals surface area (Å²) in [5.41, 5.74) is 0.505. The number of rotatable bonds is 7. The molecule has 1 fully saturated rings. The number of nitrogens with zero attached hydrogens (tertiary/aromatic N) is 3. The van der Waals surface area contributed by atoms with Gasteiger partial charge in [0.2, 0.25) is 11.8 Å². The van der Waals surface area contributed by atoms with Crippen molar-refractivity contribution < 1.29 is 41.9 Å². The van der Waals surface area contributed by atoms with Gasteiger partial charge in [0, 0.05) is 32.0 Å². The van der Waals surface area contributed by atoms with Crippen molar-refractivity contribution in [2.75, 3.05) is 38.5 Å². The summed E-state index contributed by atoms with van der Waals surface area (Å²) in [6.45, 7) is 12.9. The molecular weight excluding hydrogens is 640 g/mol. The van der Waals surface area contributed by atoms with E-state index in [2.05, 4.69) is 10.3 Å². The molecule has 48 heavy (non-hydrogen) atoms. The molecule has 0 radical (unpaired) electrons. The number of aromatic nitrogens is 1. The number of oxazole rings is 1. The Morgan fingerprint density at radius 3 is 2.52 bits per heavy atom. The Morgan fingerprint density at radius 2 is 1.85 bits per heavy atom. The molecule has 13 nitrogen and oxygen atoms in total. The molecule has 266 valence electrons. The number of aliphatic hydroxyl groups excluding tert-OH is 1. The molecule has 0 saturated carbocycles. The molecule has 1 unspecified atom stereocenters. The fourth-order valence-corrected chi connectivity index (χ4v) is 7.92. The number of sulfone groups is 1. The number of carbonyl (C=O) groups is 4. The quantitative estimate of drug-likeness (QED) is 0.402. The molecule has 5 atom stereocenters. The molecule has 3 heterocycles. The molecule has 0 spiro atoms. The van der Waals surface area contributed by atoms with Crippen LogP contribution < -0.4 is 5.32 Å². The standard InChI is InChI=1S/C34H50N4O9S/c1-7-37(8-2)16-17-48(44,45)28-13-15-38-31(28)34(43)47-32(22(3)4)24(6)11-12-29(41)35-14-9-10-23(5)18-25(39)19-26(40)20-30-36-27(21-46-30)33(38)42/h9-12,18,21-22,24-25,28,31-32,39H,7-8,13-17,19-20H2,1-6H3,(H,35,41)/b10-9-,12-11-,23-18-/t24-,25+,28+,31?,32-/m0/s1. The number of carbonyl (C=O) groups excluding carboxylic acids is 4. The van der Waals surface area contributed by atoms with Gasteiger partial charge >= 0.3 is 5.97 Å². The fraction of sp³-hybridized carbons (Fsp3) is 0.618. The molecule has 1 aromatic heterocycles. The number of fused-ring (bicyclic) bond motifs is 3. The number of ether oxygens (including phenoxy) is 1. The highest BCUT2D eigenvalue weighted by Gasteiger charge is 2.50. The predicted octanol–water partition coefficient (Wildman–Crippen LogP) is 2.27. The maximum absolute atomic E-state index is 14.0. The van der Waals surface area contributed by atoms with Gasteiger partial charge in [-0.05, 0) is 38.4 Å². The topological polar surface area (TPSA) is 176 Å². The summed E-state index contributed by atoms with van der Waals surface area (Å²) in [5.74, 6) is -3.23. The van der Waals surface area contributed by atoms with Crippen LogP contribution >= 0.6 is 0 Å². The van der Waals surface area contributed by atoms with Crippen LogP contribution in [0.2, 0.25) is 0 Å². The second-order valence-electron chi connectivity index (χ2n) is 12.7. The van der Waals surface area contributed by atoms with Crippen LogP contribution in [0.25, 0.3) is 0 Å². The van der Waals surface area contributed by atoms with E-state index < -0.39 is 51.1 Å². The molecule has 0 aromatic carbocycles. The Kier molecular flexibility index (Phi) is 14.3. The minimum Gasteiger partial charge on any atom is -0.460 e. The molecule has 1 saturated heterocycles. The van der Waals surface area contributed by atoms with Gasteiger partial charge in [0.05, 0.1) is 23.5 Å². The van der Waals surface area contributed by atoms with Crippen molar-refractivity contribution in [2.45, 2.75) is 84.3 Å². The number of esters is 1. The lowest BCUT2D eigenvalue weighted by molar-refractivity contribution is -0.157. The van der Waals surface area contributed by atoms with Gasteiger partial charge in [-0.15, -0.1) is 0 Å². The third-order valence-corrected chi connectivity index (χ3v) is 10.8. The highest BCUT2D eigenvalue weighted by atomic mass is 32.2. The number of cyclic esters (lactones) is 1. The molecule has 2 aliphatic heterocycles. The summed E-state index contributed by atoms with van der Waals surface area (Å²) in [5, 5.41) is 11.9. The Balaban J connectivity index is 2.00. The van der Waals surface area contributed by atoms with Gasteiger partial charge in [-0.1, -0.05) is 64.5 Å². The first-order chi connectivity index (χ1) is 22.7. The zero-order chi connectivity index (χ0) is 35.6. The fourth-order valence-electron chi connectivity index (χ4n) is 5.99. The number of amides is 2. The van der Waals surface area contributed by atoms with E-state index in [0.717, 1.165) is 11.2 Å². The molecule has 2 aliphatic rings. The Hall–Kier alpha value is -3.62. The van der Waals surface area contributed by atoms with Gasteiger partial charge in [0.1, 0.15) is 24.2 Å². The lowest BCUT2D eigenvalue weighted by atomic mass is 9.94. The van der Waals surface area contributed by atoms with Gasteiger partial charge in [0.15, 0.2) is 15.5 Å². The van der Waals surface area contributed by atoms with Crippen molar-refractivity contribution in [3.8, 4) is 0 Å². The minimum atomic E-state index is -3.87. The number of Topliss-reactive ketones (excluding diaryl/α,β-unsaturated/α-hetero) is 1. The summed E-state index contributed by atoms with van der Waals surface area (Å²) >= 11 is 0. The summed E-state index contributed by atoms with van der Waals surface area (Å²) in [6, 6.07) is -1.44. The molecule has 3 rings (SSSR count). The van der Waals surface area contributed by atoms with E-state index in [1.165, 1.54) is 12.2 Å². The van der Waals surface area contributed by atoms with E-state index in [4.69, 9.17) is 9.15 Å².